The molecule has 0 fully saturated rings. The van der Waals surface area contributed by atoms with Crippen molar-refractivity contribution in [1.82, 2.24) is 4.98 Å². The minimum absolute atomic E-state index is 0.149. The van der Waals surface area contributed by atoms with Crippen molar-refractivity contribution >= 4 is 0 Å². The van der Waals surface area contributed by atoms with Gasteiger partial charge in [0.1, 0.15) is 0 Å². The van der Waals surface area contributed by atoms with Crippen molar-refractivity contribution in [3.05, 3.63) is 23.0 Å². The molecule has 3 N–H and O–H groups in total. The molecule has 1 aliphatic rings. The Hall–Kier alpha value is -0.760. The van der Waals surface area contributed by atoms with Crippen molar-refractivity contribution < 1.29 is 0 Å². The summed E-state index contributed by atoms with van der Waals surface area (Å²) < 4.78 is 0. The second-order valence-electron chi connectivity index (χ2n) is 3.72. The topological polar surface area (TPSA) is 41.8 Å². The molecule has 0 unspecified atom stereocenters. The average Bonchev–Trinajstić information content (AvgIpc) is 2.46. The number of fused-ring (bicyclic) bond motifs is 1. The van der Waals surface area contributed by atoms with Crippen molar-refractivity contribution in [1.29, 1.82) is 0 Å². The monoisotopic (exact) mass is 164 g/mol. The van der Waals surface area contributed by atoms with Gasteiger partial charge in [0.2, 0.25) is 0 Å². The summed E-state index contributed by atoms with van der Waals surface area (Å²) in [4.78, 5) is 3.41. The Bertz CT molecular complexity index is 250. The van der Waals surface area contributed by atoms with Crippen LogP contribution in [0.25, 0.3) is 0 Å². The number of hydrogen-bond acceptors (Lipinski definition) is 1. The summed E-state index contributed by atoms with van der Waals surface area (Å²) in [6, 6.07) is 2.38. The molecule has 2 rings (SSSR count). The lowest BCUT2D eigenvalue weighted by Crippen LogP contribution is -2.05. The van der Waals surface area contributed by atoms with Gasteiger partial charge in [-0.3, -0.25) is 0 Å². The maximum atomic E-state index is 5.79. The molecular weight excluding hydrogens is 148 g/mol. The van der Waals surface area contributed by atoms with E-state index in [1.165, 1.54) is 42.6 Å². The predicted molar refractivity (Wildman–Crippen MR) is 50.0 cm³/mol. The highest BCUT2D eigenvalue weighted by molar-refractivity contribution is 5.29. The quantitative estimate of drug-likeness (QED) is 0.654. The summed E-state index contributed by atoms with van der Waals surface area (Å²) in [6.07, 6.45) is 5.11. The number of nitrogens with two attached hydrogens (primary N) is 1. The molecule has 1 aromatic rings. The Labute approximate surface area is 73.2 Å². The fraction of sp³-hybridized carbons (Fsp3) is 0.600. The van der Waals surface area contributed by atoms with Gasteiger partial charge in [-0.05, 0) is 44.2 Å². The molecular formula is C10H16N2. The van der Waals surface area contributed by atoms with Gasteiger partial charge in [0.25, 0.3) is 0 Å². The van der Waals surface area contributed by atoms with Crippen LogP contribution < -0.4 is 5.73 Å². The van der Waals surface area contributed by atoms with E-state index < -0.39 is 0 Å². The third kappa shape index (κ3) is 1.27. The van der Waals surface area contributed by atoms with Crippen LogP contribution in [0.1, 0.15) is 42.8 Å². The lowest BCUT2D eigenvalue weighted by Gasteiger charge is -2.09. The number of rotatable bonds is 1. The predicted octanol–water partition coefficient (Wildman–Crippen LogP) is 1.91. The first-order valence-electron chi connectivity index (χ1n) is 4.73. The van der Waals surface area contributed by atoms with Crippen LogP contribution in [0, 0.1) is 0 Å². The molecule has 0 aliphatic heterocycles. The molecule has 2 nitrogen and oxygen atoms in total. The summed E-state index contributed by atoms with van der Waals surface area (Å²) in [5.41, 5.74) is 9.91. The zero-order valence-electron chi connectivity index (χ0n) is 7.56. The van der Waals surface area contributed by atoms with Crippen LogP contribution in [0.5, 0.6) is 0 Å². The van der Waals surface area contributed by atoms with Crippen LogP contribution >= 0.6 is 0 Å². The van der Waals surface area contributed by atoms with E-state index in [2.05, 4.69) is 11.1 Å². The molecule has 1 atom stereocenters. The number of hydrogen-bond donors (Lipinski definition) is 2. The van der Waals surface area contributed by atoms with Gasteiger partial charge in [0.05, 0.1) is 0 Å². The Morgan fingerprint density at radius 1 is 1.42 bits per heavy atom. The summed E-state index contributed by atoms with van der Waals surface area (Å²) in [5, 5.41) is 0. The smallest absolute Gasteiger partial charge is 0.0419 e. The van der Waals surface area contributed by atoms with Gasteiger partial charge in [-0.2, -0.15) is 0 Å². The van der Waals surface area contributed by atoms with Gasteiger partial charge < -0.3 is 10.7 Å². The Morgan fingerprint density at radius 3 is 2.83 bits per heavy atom. The van der Waals surface area contributed by atoms with E-state index in [4.69, 9.17) is 5.73 Å². The van der Waals surface area contributed by atoms with E-state index in [0.29, 0.717) is 0 Å². The number of aromatic nitrogens is 1. The maximum Gasteiger partial charge on any atom is 0.0419 e. The molecule has 66 valence electrons. The van der Waals surface area contributed by atoms with Crippen LogP contribution in [0.3, 0.4) is 0 Å². The van der Waals surface area contributed by atoms with Gasteiger partial charge in [0.15, 0.2) is 0 Å². The summed E-state index contributed by atoms with van der Waals surface area (Å²) in [6.45, 7) is 2.03. The molecule has 0 saturated heterocycles. The van der Waals surface area contributed by atoms with Crippen molar-refractivity contribution in [3.8, 4) is 0 Å². The van der Waals surface area contributed by atoms with Crippen molar-refractivity contribution in [2.45, 2.75) is 38.6 Å². The summed E-state index contributed by atoms with van der Waals surface area (Å²) in [7, 11) is 0. The number of nitrogens with one attached hydrogen (secondary N) is 1. The first-order chi connectivity index (χ1) is 5.77. The molecule has 0 amide bonds. The molecule has 1 heterocycles. The van der Waals surface area contributed by atoms with E-state index in [9.17, 15) is 0 Å². The van der Waals surface area contributed by atoms with Crippen LogP contribution in [0.2, 0.25) is 0 Å². The number of aryl methyl sites for hydroxylation is 2. The van der Waals surface area contributed by atoms with Gasteiger partial charge in [-0.15, -0.1) is 0 Å². The minimum atomic E-state index is 0.149. The van der Waals surface area contributed by atoms with E-state index in [1.54, 1.807) is 0 Å². The lowest BCUT2D eigenvalue weighted by atomic mass is 9.98. The summed E-state index contributed by atoms with van der Waals surface area (Å²) in [5.74, 6) is 0. The highest BCUT2D eigenvalue weighted by atomic mass is 14.8. The van der Waals surface area contributed by atoms with Crippen LogP contribution in [0.4, 0.5) is 0 Å². The van der Waals surface area contributed by atoms with Crippen molar-refractivity contribution in [3.63, 3.8) is 0 Å². The molecule has 0 radical (unpaired) electrons. The van der Waals surface area contributed by atoms with Crippen LogP contribution in [0.15, 0.2) is 6.07 Å². The van der Waals surface area contributed by atoms with E-state index >= 15 is 0 Å². The van der Waals surface area contributed by atoms with E-state index in [1.807, 2.05) is 6.92 Å². The Balaban J connectivity index is 2.32. The van der Waals surface area contributed by atoms with Crippen LogP contribution in [-0.4, -0.2) is 4.98 Å². The fourth-order valence-electron chi connectivity index (χ4n) is 1.87. The van der Waals surface area contributed by atoms with Crippen molar-refractivity contribution in [2.75, 3.05) is 0 Å². The highest BCUT2D eigenvalue weighted by Gasteiger charge is 2.13. The van der Waals surface area contributed by atoms with Gasteiger partial charge in [-0.25, -0.2) is 0 Å². The van der Waals surface area contributed by atoms with E-state index in [-0.39, 0.29) is 6.04 Å². The van der Waals surface area contributed by atoms with E-state index in [0.717, 1.165) is 0 Å². The molecule has 0 spiro atoms. The normalized spacial score (nSPS) is 18.8. The Kier molecular flexibility index (Phi) is 1.93. The molecule has 2 heteroatoms. The highest BCUT2D eigenvalue weighted by Crippen LogP contribution is 2.23. The largest absolute Gasteiger partial charge is 0.361 e. The van der Waals surface area contributed by atoms with Gasteiger partial charge in [-0.1, -0.05) is 0 Å². The molecule has 12 heavy (non-hydrogen) atoms. The third-order valence-corrected chi connectivity index (χ3v) is 2.63. The lowest BCUT2D eigenvalue weighted by molar-refractivity contribution is 0.674. The van der Waals surface area contributed by atoms with Crippen LogP contribution in [-0.2, 0) is 12.8 Å². The zero-order chi connectivity index (χ0) is 8.55. The second-order valence-corrected chi connectivity index (χ2v) is 3.72. The van der Waals surface area contributed by atoms with Crippen molar-refractivity contribution in [2.24, 2.45) is 5.73 Å². The Morgan fingerprint density at radius 2 is 2.17 bits per heavy atom. The molecule has 1 aromatic heterocycles. The number of aromatic amines is 1. The third-order valence-electron chi connectivity index (χ3n) is 2.63. The molecule has 1 aliphatic carbocycles. The minimum Gasteiger partial charge on any atom is -0.361 e. The van der Waals surface area contributed by atoms with Gasteiger partial charge in [0, 0.05) is 17.4 Å². The van der Waals surface area contributed by atoms with Gasteiger partial charge >= 0.3 is 0 Å². The first kappa shape index (κ1) is 7.87. The molecule has 0 bridgehead atoms. The first-order valence-corrected chi connectivity index (χ1v) is 4.73. The number of H-pyrrole nitrogens is 1. The average molecular weight is 164 g/mol. The second kappa shape index (κ2) is 2.94. The standard InChI is InChI=1S/C10H16N2/c1-7(11)10-6-8-4-2-3-5-9(8)12-10/h6-7,12H,2-5,11H2,1H3/t7-/m1/s1. The maximum absolute atomic E-state index is 5.79. The fourth-order valence-corrected chi connectivity index (χ4v) is 1.87. The summed E-state index contributed by atoms with van der Waals surface area (Å²) >= 11 is 0. The zero-order valence-corrected chi connectivity index (χ0v) is 7.56. The molecule has 0 saturated carbocycles. The SMILES string of the molecule is C[C@@H](N)c1cc2c([nH]1)CCCC2. The molecule has 0 aromatic carbocycles.